The van der Waals surface area contributed by atoms with Crippen LogP contribution >= 0.6 is 0 Å². The number of alkyl carbamates (subject to hydrolysis) is 1. The van der Waals surface area contributed by atoms with Crippen molar-refractivity contribution >= 4 is 12.0 Å². The molecule has 162 valence electrons. The molecule has 0 unspecified atom stereocenters. The van der Waals surface area contributed by atoms with E-state index in [4.69, 9.17) is 10.5 Å². The SMILES string of the molecule is CC(C)(C)OC(=O)NC[C@@H](Cc1cccnc1)CN1CCC[C@@H](CCC(N)=O)C1. The zero-order valence-corrected chi connectivity index (χ0v) is 18.0. The second-order valence-electron chi connectivity index (χ2n) is 9.09. The molecule has 29 heavy (non-hydrogen) atoms. The molecule has 2 amide bonds. The summed E-state index contributed by atoms with van der Waals surface area (Å²) in [5.74, 6) is 0.536. The molecule has 1 aliphatic rings. The van der Waals surface area contributed by atoms with Crippen LogP contribution in [0.2, 0.25) is 0 Å². The molecule has 0 bridgehead atoms. The summed E-state index contributed by atoms with van der Waals surface area (Å²) in [5.41, 5.74) is 5.96. The molecule has 7 heteroatoms. The predicted octanol–water partition coefficient (Wildman–Crippen LogP) is 2.74. The van der Waals surface area contributed by atoms with E-state index in [-0.39, 0.29) is 17.9 Å². The van der Waals surface area contributed by atoms with E-state index in [0.717, 1.165) is 50.9 Å². The first-order valence-electron chi connectivity index (χ1n) is 10.6. The number of amides is 2. The van der Waals surface area contributed by atoms with Crippen LogP contribution < -0.4 is 11.1 Å². The largest absolute Gasteiger partial charge is 0.444 e. The van der Waals surface area contributed by atoms with Crippen molar-refractivity contribution < 1.29 is 14.3 Å². The number of pyridine rings is 1. The fraction of sp³-hybridized carbons (Fsp3) is 0.682. The minimum Gasteiger partial charge on any atom is -0.444 e. The van der Waals surface area contributed by atoms with Crippen molar-refractivity contribution in [1.82, 2.24) is 15.2 Å². The van der Waals surface area contributed by atoms with Gasteiger partial charge in [-0.3, -0.25) is 9.78 Å². The van der Waals surface area contributed by atoms with Crippen LogP contribution in [0.15, 0.2) is 24.5 Å². The average Bonchev–Trinajstić information content (AvgIpc) is 2.64. The van der Waals surface area contributed by atoms with Crippen LogP contribution in [0, 0.1) is 11.8 Å². The number of nitrogens with two attached hydrogens (primary N) is 1. The number of nitrogens with one attached hydrogen (secondary N) is 1. The standard InChI is InChI=1S/C22H36N4O3/c1-22(2,3)29-21(28)25-14-19(12-18-6-4-10-24-13-18)16-26-11-5-7-17(15-26)8-9-20(23)27/h4,6,10,13,17,19H,5,7-9,11-12,14-16H2,1-3H3,(H2,23,27)(H,25,28)/t17-,19+/m0/s1. The number of carbonyl (C=O) groups excluding carboxylic acids is 2. The molecule has 1 aromatic heterocycles. The summed E-state index contributed by atoms with van der Waals surface area (Å²) in [6.45, 7) is 9.04. The molecule has 0 aliphatic carbocycles. The summed E-state index contributed by atoms with van der Waals surface area (Å²) in [6.07, 6.45) is 7.69. The highest BCUT2D eigenvalue weighted by Gasteiger charge is 2.24. The number of primary amides is 1. The fourth-order valence-corrected chi connectivity index (χ4v) is 3.86. The van der Waals surface area contributed by atoms with Gasteiger partial charge in [0.25, 0.3) is 0 Å². The maximum absolute atomic E-state index is 12.1. The molecular weight excluding hydrogens is 368 g/mol. The topological polar surface area (TPSA) is 97.6 Å². The normalized spacial score (nSPS) is 18.8. The number of likely N-dealkylation sites (tertiary alicyclic amines) is 1. The highest BCUT2D eigenvalue weighted by Crippen LogP contribution is 2.22. The van der Waals surface area contributed by atoms with Gasteiger partial charge in [-0.1, -0.05) is 6.07 Å². The van der Waals surface area contributed by atoms with Gasteiger partial charge in [-0.25, -0.2) is 4.79 Å². The summed E-state index contributed by atoms with van der Waals surface area (Å²) in [6, 6.07) is 4.01. The molecule has 0 aromatic carbocycles. The Bertz CT molecular complexity index is 645. The molecule has 1 aromatic rings. The maximum Gasteiger partial charge on any atom is 0.407 e. The van der Waals surface area contributed by atoms with Crippen LogP contribution in [0.25, 0.3) is 0 Å². The van der Waals surface area contributed by atoms with Crippen LogP contribution in [-0.2, 0) is 16.0 Å². The lowest BCUT2D eigenvalue weighted by Gasteiger charge is -2.35. The molecule has 2 heterocycles. The third-order valence-electron chi connectivity index (χ3n) is 5.10. The first-order chi connectivity index (χ1) is 13.7. The Morgan fingerprint density at radius 2 is 2.21 bits per heavy atom. The summed E-state index contributed by atoms with van der Waals surface area (Å²) in [7, 11) is 0. The Balaban J connectivity index is 1.93. The van der Waals surface area contributed by atoms with Crippen molar-refractivity contribution in [2.24, 2.45) is 17.6 Å². The predicted molar refractivity (Wildman–Crippen MR) is 113 cm³/mol. The minimum absolute atomic E-state index is 0.224. The zero-order valence-electron chi connectivity index (χ0n) is 18.0. The molecule has 1 saturated heterocycles. The first-order valence-corrected chi connectivity index (χ1v) is 10.6. The van der Waals surface area contributed by atoms with E-state index >= 15 is 0 Å². The van der Waals surface area contributed by atoms with Crippen molar-refractivity contribution in [1.29, 1.82) is 0 Å². The fourth-order valence-electron chi connectivity index (χ4n) is 3.86. The van der Waals surface area contributed by atoms with Gasteiger partial charge in [-0.2, -0.15) is 0 Å². The molecule has 1 aliphatic heterocycles. The van der Waals surface area contributed by atoms with Gasteiger partial charge in [0.2, 0.25) is 5.91 Å². The quantitative estimate of drug-likeness (QED) is 0.659. The second kappa shape index (κ2) is 11.1. The van der Waals surface area contributed by atoms with Gasteiger partial charge in [0.05, 0.1) is 0 Å². The third kappa shape index (κ3) is 9.74. The van der Waals surface area contributed by atoms with Crippen molar-refractivity contribution in [2.75, 3.05) is 26.2 Å². The van der Waals surface area contributed by atoms with Gasteiger partial charge in [-0.15, -0.1) is 0 Å². The lowest BCUT2D eigenvalue weighted by Crippen LogP contribution is -2.43. The number of hydrogen-bond acceptors (Lipinski definition) is 5. The summed E-state index contributed by atoms with van der Waals surface area (Å²) in [5, 5.41) is 2.93. The Labute approximate surface area is 174 Å². The summed E-state index contributed by atoms with van der Waals surface area (Å²) < 4.78 is 5.38. The summed E-state index contributed by atoms with van der Waals surface area (Å²) in [4.78, 5) is 29.9. The Morgan fingerprint density at radius 3 is 2.86 bits per heavy atom. The van der Waals surface area contributed by atoms with Crippen LogP contribution in [0.3, 0.4) is 0 Å². The monoisotopic (exact) mass is 404 g/mol. The first kappa shape index (κ1) is 23.1. The van der Waals surface area contributed by atoms with E-state index < -0.39 is 5.60 Å². The summed E-state index contributed by atoms with van der Waals surface area (Å²) >= 11 is 0. The molecule has 2 atom stereocenters. The Morgan fingerprint density at radius 1 is 1.41 bits per heavy atom. The number of piperidine rings is 1. The van der Waals surface area contributed by atoms with Gasteiger partial charge in [0.1, 0.15) is 5.60 Å². The zero-order chi connectivity index (χ0) is 21.3. The minimum atomic E-state index is -0.510. The van der Waals surface area contributed by atoms with Crippen LogP contribution in [0.5, 0.6) is 0 Å². The average molecular weight is 405 g/mol. The van der Waals surface area contributed by atoms with Gasteiger partial charge in [-0.05, 0) is 76.5 Å². The van der Waals surface area contributed by atoms with Gasteiger partial charge in [0, 0.05) is 38.4 Å². The van der Waals surface area contributed by atoms with Crippen molar-refractivity contribution in [2.45, 2.75) is 58.5 Å². The van der Waals surface area contributed by atoms with E-state index in [2.05, 4.69) is 21.3 Å². The number of ether oxygens (including phenoxy) is 1. The van der Waals surface area contributed by atoms with E-state index in [1.54, 1.807) is 6.20 Å². The van der Waals surface area contributed by atoms with Crippen molar-refractivity contribution in [3.63, 3.8) is 0 Å². The van der Waals surface area contributed by atoms with E-state index in [1.165, 1.54) is 0 Å². The number of aromatic nitrogens is 1. The van der Waals surface area contributed by atoms with Gasteiger partial charge >= 0.3 is 6.09 Å². The lowest BCUT2D eigenvalue weighted by atomic mass is 9.91. The molecule has 0 spiro atoms. The van der Waals surface area contributed by atoms with Crippen molar-refractivity contribution in [3.05, 3.63) is 30.1 Å². The molecule has 0 saturated carbocycles. The highest BCUT2D eigenvalue weighted by molar-refractivity contribution is 5.73. The smallest absolute Gasteiger partial charge is 0.407 e. The van der Waals surface area contributed by atoms with E-state index in [9.17, 15) is 9.59 Å². The van der Waals surface area contributed by atoms with Gasteiger partial charge < -0.3 is 20.7 Å². The van der Waals surface area contributed by atoms with Gasteiger partial charge in [0.15, 0.2) is 0 Å². The third-order valence-corrected chi connectivity index (χ3v) is 5.10. The number of nitrogens with zero attached hydrogens (tertiary/aromatic N) is 2. The number of hydrogen-bond donors (Lipinski definition) is 2. The molecule has 2 rings (SSSR count). The number of rotatable bonds is 9. The van der Waals surface area contributed by atoms with Crippen LogP contribution in [0.4, 0.5) is 4.79 Å². The molecule has 0 radical (unpaired) electrons. The maximum atomic E-state index is 12.1. The van der Waals surface area contributed by atoms with Crippen molar-refractivity contribution in [3.8, 4) is 0 Å². The number of carbonyl (C=O) groups is 2. The second-order valence-corrected chi connectivity index (χ2v) is 9.09. The highest BCUT2D eigenvalue weighted by atomic mass is 16.6. The Kier molecular flexibility index (Phi) is 8.89. The van der Waals surface area contributed by atoms with E-state index in [0.29, 0.717) is 18.9 Å². The molecule has 7 nitrogen and oxygen atoms in total. The van der Waals surface area contributed by atoms with Crippen LogP contribution in [-0.4, -0.2) is 53.7 Å². The van der Waals surface area contributed by atoms with E-state index in [1.807, 2.05) is 33.0 Å². The Hall–Kier alpha value is -2.15. The lowest BCUT2D eigenvalue weighted by molar-refractivity contribution is -0.118. The molecular formula is C22H36N4O3. The molecule has 1 fully saturated rings. The van der Waals surface area contributed by atoms with Crippen LogP contribution in [0.1, 0.15) is 52.0 Å². The molecule has 3 N–H and O–H groups in total.